The molecule has 0 saturated heterocycles. The highest BCUT2D eigenvalue weighted by Gasteiger charge is 2.31. The molecule has 0 saturated carbocycles. The lowest BCUT2D eigenvalue weighted by Crippen LogP contribution is -2.45. The van der Waals surface area contributed by atoms with Crippen molar-refractivity contribution >= 4 is 21.8 Å². The average molecular weight is 510 g/mol. The SMILES string of the molecule is CC(C)[C@H](NS(=O)(=O)c1ccc2c(c1)OCCO2)C(=O)OCC(=O)c1ccc(-c2ccccc2)cc1. The first-order chi connectivity index (χ1) is 17.2. The number of esters is 1. The molecule has 0 spiro atoms. The maximum atomic E-state index is 13.0. The molecule has 1 aliphatic heterocycles. The van der Waals surface area contributed by atoms with Crippen LogP contribution in [0.1, 0.15) is 24.2 Å². The molecule has 4 rings (SSSR count). The highest BCUT2D eigenvalue weighted by molar-refractivity contribution is 7.89. The van der Waals surface area contributed by atoms with Gasteiger partial charge in [0, 0.05) is 11.6 Å². The Morgan fingerprint density at radius 2 is 1.53 bits per heavy atom. The predicted octanol–water partition coefficient (Wildman–Crippen LogP) is 3.85. The standard InChI is InChI=1S/C27H27NO7S/c1-18(2)26(28-36(31,32)22-12-13-24-25(16-22)34-15-14-33-24)27(30)35-17-23(29)21-10-8-20(9-11-21)19-6-4-3-5-7-19/h3-13,16,18,26,28H,14-15,17H2,1-2H3/t26-/m0/s1. The molecule has 1 aliphatic rings. The zero-order valence-corrected chi connectivity index (χ0v) is 20.8. The number of ketones is 1. The average Bonchev–Trinajstić information content (AvgIpc) is 2.90. The molecule has 8 nitrogen and oxygen atoms in total. The van der Waals surface area contributed by atoms with Crippen LogP contribution in [0.5, 0.6) is 11.5 Å². The lowest BCUT2D eigenvalue weighted by atomic mass is 10.0. The van der Waals surface area contributed by atoms with Crippen molar-refractivity contribution < 1.29 is 32.2 Å². The molecule has 0 bridgehead atoms. The summed E-state index contributed by atoms with van der Waals surface area (Å²) < 4.78 is 44.4. The van der Waals surface area contributed by atoms with Crippen LogP contribution < -0.4 is 14.2 Å². The minimum absolute atomic E-state index is 0.0696. The summed E-state index contributed by atoms with van der Waals surface area (Å²) in [6, 6.07) is 19.8. The van der Waals surface area contributed by atoms with Crippen molar-refractivity contribution in [2.45, 2.75) is 24.8 Å². The van der Waals surface area contributed by atoms with Gasteiger partial charge in [-0.15, -0.1) is 0 Å². The summed E-state index contributed by atoms with van der Waals surface area (Å²) in [5.41, 5.74) is 2.37. The van der Waals surface area contributed by atoms with Crippen LogP contribution in [0.15, 0.2) is 77.7 Å². The number of rotatable bonds is 9. The molecule has 36 heavy (non-hydrogen) atoms. The van der Waals surface area contributed by atoms with Gasteiger partial charge >= 0.3 is 5.97 Å². The summed E-state index contributed by atoms with van der Waals surface area (Å²) in [5.74, 6) is -0.878. The van der Waals surface area contributed by atoms with Gasteiger partial charge in [-0.25, -0.2) is 8.42 Å². The fourth-order valence-electron chi connectivity index (χ4n) is 3.67. The van der Waals surface area contributed by atoms with E-state index in [9.17, 15) is 18.0 Å². The minimum Gasteiger partial charge on any atom is -0.486 e. The summed E-state index contributed by atoms with van der Waals surface area (Å²) >= 11 is 0. The van der Waals surface area contributed by atoms with E-state index in [0.717, 1.165) is 11.1 Å². The van der Waals surface area contributed by atoms with Gasteiger partial charge in [0.2, 0.25) is 10.0 Å². The van der Waals surface area contributed by atoms with Crippen LogP contribution in [-0.2, 0) is 19.6 Å². The number of fused-ring (bicyclic) bond motifs is 1. The van der Waals surface area contributed by atoms with Crippen LogP contribution >= 0.6 is 0 Å². The summed E-state index contributed by atoms with van der Waals surface area (Å²) in [6.07, 6.45) is 0. The van der Waals surface area contributed by atoms with Crippen molar-refractivity contribution in [3.05, 3.63) is 78.4 Å². The highest BCUT2D eigenvalue weighted by atomic mass is 32.2. The van der Waals surface area contributed by atoms with Crippen molar-refractivity contribution in [3.8, 4) is 22.6 Å². The molecule has 0 unspecified atom stereocenters. The van der Waals surface area contributed by atoms with Crippen LogP contribution in [0.4, 0.5) is 0 Å². The van der Waals surface area contributed by atoms with Crippen LogP contribution in [0.2, 0.25) is 0 Å². The Labute approximate surface area is 210 Å². The lowest BCUT2D eigenvalue weighted by molar-refractivity contribution is -0.145. The maximum Gasteiger partial charge on any atom is 0.324 e. The second-order valence-corrected chi connectivity index (χ2v) is 10.3. The monoisotopic (exact) mass is 509 g/mol. The minimum atomic E-state index is -4.08. The number of nitrogens with one attached hydrogen (secondary N) is 1. The molecule has 0 aliphatic carbocycles. The molecule has 3 aromatic carbocycles. The number of carbonyl (C=O) groups excluding carboxylic acids is 2. The normalized spacial score (nSPS) is 13.8. The maximum absolute atomic E-state index is 13.0. The molecule has 1 heterocycles. The van der Waals surface area contributed by atoms with Gasteiger partial charge in [-0.1, -0.05) is 68.4 Å². The third-order valence-electron chi connectivity index (χ3n) is 5.69. The Bertz CT molecular complexity index is 1340. The zero-order valence-electron chi connectivity index (χ0n) is 20.0. The summed E-state index contributed by atoms with van der Waals surface area (Å²) in [7, 11) is -4.08. The number of carbonyl (C=O) groups is 2. The van der Waals surface area contributed by atoms with Crippen LogP contribution in [0.25, 0.3) is 11.1 Å². The summed E-state index contributed by atoms with van der Waals surface area (Å²) in [4.78, 5) is 25.3. The van der Waals surface area contributed by atoms with E-state index in [4.69, 9.17) is 14.2 Å². The van der Waals surface area contributed by atoms with E-state index >= 15 is 0 Å². The van der Waals surface area contributed by atoms with Crippen LogP contribution in [0, 0.1) is 5.92 Å². The van der Waals surface area contributed by atoms with Gasteiger partial charge in [0.1, 0.15) is 19.3 Å². The second kappa shape index (κ2) is 10.9. The number of sulfonamides is 1. The van der Waals surface area contributed by atoms with Crippen LogP contribution in [0.3, 0.4) is 0 Å². The fourth-order valence-corrected chi connectivity index (χ4v) is 5.02. The summed E-state index contributed by atoms with van der Waals surface area (Å²) in [6.45, 7) is 3.56. The van der Waals surface area contributed by atoms with E-state index in [1.807, 2.05) is 42.5 Å². The quantitative estimate of drug-likeness (QED) is 0.345. The zero-order chi connectivity index (χ0) is 25.7. The molecule has 0 radical (unpaired) electrons. The molecule has 9 heteroatoms. The molecular formula is C27H27NO7S. The summed E-state index contributed by atoms with van der Waals surface area (Å²) in [5, 5.41) is 0. The van der Waals surface area contributed by atoms with Crippen molar-refractivity contribution in [1.29, 1.82) is 0 Å². The Morgan fingerprint density at radius 1 is 0.889 bits per heavy atom. The molecule has 0 amide bonds. The van der Waals surface area contributed by atoms with Crippen LogP contribution in [-0.4, -0.2) is 46.0 Å². The Balaban J connectivity index is 1.39. The van der Waals surface area contributed by atoms with Gasteiger partial charge in [-0.3, -0.25) is 9.59 Å². The van der Waals surface area contributed by atoms with Gasteiger partial charge in [-0.2, -0.15) is 4.72 Å². The van der Waals surface area contributed by atoms with Gasteiger partial charge in [-0.05, 0) is 29.2 Å². The molecule has 0 aromatic heterocycles. The largest absolute Gasteiger partial charge is 0.486 e. The Hall–Kier alpha value is -3.69. The lowest BCUT2D eigenvalue weighted by Gasteiger charge is -2.22. The van der Waals surface area contributed by atoms with E-state index in [2.05, 4.69) is 4.72 Å². The molecule has 1 atom stereocenters. The first-order valence-electron chi connectivity index (χ1n) is 11.5. The van der Waals surface area contributed by atoms with Crippen molar-refractivity contribution in [3.63, 3.8) is 0 Å². The van der Waals surface area contributed by atoms with E-state index in [1.165, 1.54) is 18.2 Å². The molecule has 1 N–H and O–H groups in total. The van der Waals surface area contributed by atoms with E-state index in [0.29, 0.717) is 30.3 Å². The van der Waals surface area contributed by atoms with Crippen molar-refractivity contribution in [1.82, 2.24) is 4.72 Å². The van der Waals surface area contributed by atoms with E-state index in [-0.39, 0.29) is 10.7 Å². The van der Waals surface area contributed by atoms with Gasteiger partial charge in [0.25, 0.3) is 0 Å². The van der Waals surface area contributed by atoms with Crippen molar-refractivity contribution in [2.24, 2.45) is 5.92 Å². The third kappa shape index (κ3) is 5.92. The van der Waals surface area contributed by atoms with Gasteiger partial charge in [0.15, 0.2) is 23.9 Å². The van der Waals surface area contributed by atoms with Gasteiger partial charge < -0.3 is 14.2 Å². The second-order valence-electron chi connectivity index (χ2n) is 8.62. The predicted molar refractivity (Wildman–Crippen MR) is 134 cm³/mol. The number of hydrogen-bond acceptors (Lipinski definition) is 7. The number of hydrogen-bond donors (Lipinski definition) is 1. The number of ether oxygens (including phenoxy) is 3. The Kier molecular flexibility index (Phi) is 7.71. The number of benzene rings is 3. The van der Waals surface area contributed by atoms with E-state index in [1.54, 1.807) is 26.0 Å². The first kappa shape index (κ1) is 25.4. The molecular weight excluding hydrogens is 482 g/mol. The number of Topliss-reactive ketones (excluding diaryl/α,β-unsaturated/α-hetero) is 1. The van der Waals surface area contributed by atoms with Crippen molar-refractivity contribution in [2.75, 3.05) is 19.8 Å². The van der Waals surface area contributed by atoms with Gasteiger partial charge in [0.05, 0.1) is 4.90 Å². The molecule has 0 fully saturated rings. The highest BCUT2D eigenvalue weighted by Crippen LogP contribution is 2.32. The smallest absolute Gasteiger partial charge is 0.324 e. The third-order valence-corrected chi connectivity index (χ3v) is 7.12. The first-order valence-corrected chi connectivity index (χ1v) is 13.0. The fraction of sp³-hybridized carbons (Fsp3) is 0.259. The van der Waals surface area contributed by atoms with E-state index < -0.39 is 34.6 Å². The molecule has 3 aromatic rings. The topological polar surface area (TPSA) is 108 Å². The Morgan fingerprint density at radius 3 is 2.19 bits per heavy atom. The molecule has 188 valence electrons.